The monoisotopic (exact) mass is 482 g/mol. The van der Waals surface area contributed by atoms with Gasteiger partial charge in [0.05, 0.1) is 13.7 Å². The third-order valence-corrected chi connectivity index (χ3v) is 3.85. The Morgan fingerprint density at radius 2 is 1.70 bits per heavy atom. The second-order valence-corrected chi connectivity index (χ2v) is 6.46. The van der Waals surface area contributed by atoms with Gasteiger partial charge in [0.15, 0.2) is 5.96 Å². The molecule has 0 aliphatic heterocycles. The number of methoxy groups -OCH3 is 1. The Hall–Kier alpha value is -1.80. The molecule has 6 heteroatoms. The maximum atomic E-state index is 5.28. The lowest BCUT2D eigenvalue weighted by Gasteiger charge is -2.13. The van der Waals surface area contributed by atoms with Crippen molar-refractivity contribution < 1.29 is 4.74 Å². The van der Waals surface area contributed by atoms with Gasteiger partial charge in [-0.1, -0.05) is 36.4 Å². The van der Waals surface area contributed by atoms with E-state index >= 15 is 0 Å². The zero-order chi connectivity index (χ0) is 18.8. The normalized spacial score (nSPS) is 11.1. The van der Waals surface area contributed by atoms with Gasteiger partial charge in [0.2, 0.25) is 0 Å². The number of nitrogens with zero attached hydrogens (tertiary/aromatic N) is 2. The van der Waals surface area contributed by atoms with E-state index in [0.717, 1.165) is 30.4 Å². The van der Waals surface area contributed by atoms with Crippen LogP contribution in [0.4, 0.5) is 0 Å². The van der Waals surface area contributed by atoms with Crippen LogP contribution in [0.1, 0.15) is 23.6 Å². The number of halogens is 1. The molecular weight excluding hydrogens is 451 g/mol. The highest BCUT2D eigenvalue weighted by atomic mass is 127. The molecule has 2 aromatic carbocycles. The Morgan fingerprint density at radius 3 is 2.41 bits per heavy atom. The summed E-state index contributed by atoms with van der Waals surface area (Å²) in [4.78, 5) is 6.88. The molecule has 0 atom stereocenters. The van der Waals surface area contributed by atoms with Crippen LogP contribution < -0.4 is 15.4 Å². The number of hydrogen-bond donors (Lipinski definition) is 2. The molecule has 2 N–H and O–H groups in total. The lowest BCUT2D eigenvalue weighted by molar-refractivity contribution is 0.402. The second-order valence-electron chi connectivity index (χ2n) is 6.46. The molecule has 0 aliphatic rings. The molecule has 0 aromatic heterocycles. The standard InChI is InChI=1S/C21H30N4O.HI/c1-5-22-21(24-15-18-9-7-11-20(13-18)26-4)23-14-17-8-6-10-19(12-17)16-25(2)3;/h6-13H,5,14-16H2,1-4H3,(H2,22,23,24);1H. The maximum Gasteiger partial charge on any atom is 0.191 e. The van der Waals surface area contributed by atoms with Crippen molar-refractivity contribution in [2.45, 2.75) is 26.6 Å². The van der Waals surface area contributed by atoms with Crippen LogP contribution in [-0.2, 0) is 19.6 Å². The second kappa shape index (κ2) is 12.6. The smallest absolute Gasteiger partial charge is 0.191 e. The van der Waals surface area contributed by atoms with Crippen molar-refractivity contribution in [2.75, 3.05) is 27.7 Å². The minimum absolute atomic E-state index is 0. The molecule has 5 nitrogen and oxygen atoms in total. The van der Waals surface area contributed by atoms with Crippen LogP contribution >= 0.6 is 24.0 Å². The fourth-order valence-corrected chi connectivity index (χ4v) is 2.67. The van der Waals surface area contributed by atoms with Crippen molar-refractivity contribution in [3.8, 4) is 5.75 Å². The SMILES string of the molecule is CCNC(=NCc1cccc(CN(C)C)c1)NCc1cccc(OC)c1.I. The predicted molar refractivity (Wildman–Crippen MR) is 124 cm³/mol. The van der Waals surface area contributed by atoms with Gasteiger partial charge in [-0.15, -0.1) is 24.0 Å². The topological polar surface area (TPSA) is 48.9 Å². The van der Waals surface area contributed by atoms with Gasteiger partial charge in [-0.05, 0) is 49.8 Å². The number of aliphatic imine (C=N–C) groups is 1. The Bertz CT molecular complexity index is 719. The van der Waals surface area contributed by atoms with Crippen LogP contribution in [0.2, 0.25) is 0 Å². The summed E-state index contributed by atoms with van der Waals surface area (Å²) in [5.74, 6) is 1.68. The van der Waals surface area contributed by atoms with Crippen LogP contribution in [0.15, 0.2) is 53.5 Å². The maximum absolute atomic E-state index is 5.28. The quantitative estimate of drug-likeness (QED) is 0.343. The molecule has 27 heavy (non-hydrogen) atoms. The first kappa shape index (κ1) is 23.2. The fourth-order valence-electron chi connectivity index (χ4n) is 2.67. The van der Waals surface area contributed by atoms with Crippen molar-refractivity contribution in [3.63, 3.8) is 0 Å². The van der Waals surface area contributed by atoms with Crippen molar-refractivity contribution in [2.24, 2.45) is 4.99 Å². The Labute approximate surface area is 180 Å². The Kier molecular flexibility index (Phi) is 10.8. The molecule has 0 radical (unpaired) electrons. The largest absolute Gasteiger partial charge is 0.497 e. The Morgan fingerprint density at radius 1 is 1.00 bits per heavy atom. The van der Waals surface area contributed by atoms with E-state index in [1.165, 1.54) is 11.1 Å². The number of hydrogen-bond acceptors (Lipinski definition) is 3. The van der Waals surface area contributed by atoms with Crippen LogP contribution in [-0.4, -0.2) is 38.6 Å². The molecule has 2 aromatic rings. The van der Waals surface area contributed by atoms with E-state index < -0.39 is 0 Å². The van der Waals surface area contributed by atoms with Gasteiger partial charge in [0.1, 0.15) is 5.75 Å². The van der Waals surface area contributed by atoms with E-state index in [4.69, 9.17) is 9.73 Å². The summed E-state index contributed by atoms with van der Waals surface area (Å²) in [5, 5.41) is 6.68. The average Bonchev–Trinajstić information content (AvgIpc) is 2.64. The molecule has 148 valence electrons. The van der Waals surface area contributed by atoms with Crippen molar-refractivity contribution >= 4 is 29.9 Å². The summed E-state index contributed by atoms with van der Waals surface area (Å²) in [6.07, 6.45) is 0. The van der Waals surface area contributed by atoms with Gasteiger partial charge < -0.3 is 20.3 Å². The summed E-state index contributed by atoms with van der Waals surface area (Å²) < 4.78 is 5.28. The van der Waals surface area contributed by atoms with Gasteiger partial charge in [0, 0.05) is 19.6 Å². The molecule has 0 amide bonds. The van der Waals surface area contributed by atoms with E-state index in [0.29, 0.717) is 13.1 Å². The molecule has 2 rings (SSSR count). The minimum Gasteiger partial charge on any atom is -0.497 e. The third kappa shape index (κ3) is 8.62. The third-order valence-electron chi connectivity index (χ3n) is 3.85. The number of rotatable bonds is 8. The summed E-state index contributed by atoms with van der Waals surface area (Å²) in [6.45, 7) is 5.18. The highest BCUT2D eigenvalue weighted by molar-refractivity contribution is 14.0. The molecule has 0 fully saturated rings. The lowest BCUT2D eigenvalue weighted by atomic mass is 10.1. The summed E-state index contributed by atoms with van der Waals surface area (Å²) in [6, 6.07) is 16.6. The summed E-state index contributed by atoms with van der Waals surface area (Å²) >= 11 is 0. The highest BCUT2D eigenvalue weighted by Crippen LogP contribution is 2.12. The van der Waals surface area contributed by atoms with Crippen LogP contribution in [0.3, 0.4) is 0 Å². The number of benzene rings is 2. The molecule has 0 saturated carbocycles. The van der Waals surface area contributed by atoms with Crippen molar-refractivity contribution in [1.29, 1.82) is 0 Å². The van der Waals surface area contributed by atoms with E-state index in [-0.39, 0.29) is 24.0 Å². The first-order chi connectivity index (χ1) is 12.6. The zero-order valence-corrected chi connectivity index (χ0v) is 19.0. The summed E-state index contributed by atoms with van der Waals surface area (Å²) in [5.41, 5.74) is 3.67. The van der Waals surface area contributed by atoms with Crippen molar-refractivity contribution in [1.82, 2.24) is 15.5 Å². The lowest BCUT2D eigenvalue weighted by Crippen LogP contribution is -2.36. The number of nitrogens with one attached hydrogen (secondary N) is 2. The van der Waals surface area contributed by atoms with Gasteiger partial charge in [0.25, 0.3) is 0 Å². The van der Waals surface area contributed by atoms with E-state index in [1.54, 1.807) is 7.11 Å². The molecule has 0 unspecified atom stereocenters. The fraction of sp³-hybridized carbons (Fsp3) is 0.381. The summed E-state index contributed by atoms with van der Waals surface area (Å²) in [7, 11) is 5.84. The van der Waals surface area contributed by atoms with Gasteiger partial charge in [-0.3, -0.25) is 0 Å². The van der Waals surface area contributed by atoms with E-state index in [9.17, 15) is 0 Å². The van der Waals surface area contributed by atoms with Crippen LogP contribution in [0.5, 0.6) is 5.75 Å². The molecule has 0 heterocycles. The van der Waals surface area contributed by atoms with Gasteiger partial charge >= 0.3 is 0 Å². The first-order valence-corrected chi connectivity index (χ1v) is 8.98. The molecule has 0 bridgehead atoms. The van der Waals surface area contributed by atoms with E-state index in [2.05, 4.69) is 66.9 Å². The molecule has 0 spiro atoms. The predicted octanol–water partition coefficient (Wildman–Crippen LogP) is 3.63. The molecule has 0 aliphatic carbocycles. The first-order valence-electron chi connectivity index (χ1n) is 8.98. The van der Waals surface area contributed by atoms with E-state index in [1.807, 2.05) is 18.2 Å². The Balaban J connectivity index is 0.00000364. The average molecular weight is 482 g/mol. The van der Waals surface area contributed by atoms with Gasteiger partial charge in [-0.25, -0.2) is 4.99 Å². The van der Waals surface area contributed by atoms with Crippen molar-refractivity contribution in [3.05, 3.63) is 65.2 Å². The minimum atomic E-state index is 0. The number of guanidine groups is 1. The molecule has 0 saturated heterocycles. The van der Waals surface area contributed by atoms with Crippen LogP contribution in [0, 0.1) is 0 Å². The van der Waals surface area contributed by atoms with Crippen LogP contribution in [0.25, 0.3) is 0 Å². The molecular formula is C21H31IN4O. The highest BCUT2D eigenvalue weighted by Gasteiger charge is 2.01. The zero-order valence-electron chi connectivity index (χ0n) is 16.7. The number of ether oxygens (including phenoxy) is 1. The van der Waals surface area contributed by atoms with Gasteiger partial charge in [-0.2, -0.15) is 0 Å².